The first-order chi connectivity index (χ1) is 14.3. The Hall–Kier alpha value is -3.64. The van der Waals surface area contributed by atoms with Crippen LogP contribution < -0.4 is 0 Å². The second-order valence-electron chi connectivity index (χ2n) is 6.62. The van der Waals surface area contributed by atoms with E-state index in [1.807, 2.05) is 31.2 Å². The van der Waals surface area contributed by atoms with Crippen molar-refractivity contribution < 1.29 is 0 Å². The molecule has 0 saturated heterocycles. The Morgan fingerprint density at radius 3 is 1.55 bits per heavy atom. The van der Waals surface area contributed by atoms with Crippen LogP contribution in [-0.4, -0.2) is 0 Å². The molecule has 0 spiro atoms. The molecule has 0 amide bonds. The number of hydrogen-bond acceptors (Lipinski definition) is 0. The molecule has 0 N–H and O–H groups in total. The van der Waals surface area contributed by atoms with Crippen molar-refractivity contribution in [3.63, 3.8) is 0 Å². The monoisotopic (exact) mass is 374 g/mol. The fourth-order valence-corrected chi connectivity index (χ4v) is 3.28. The molecule has 0 radical (unpaired) electrons. The predicted molar refractivity (Wildman–Crippen MR) is 127 cm³/mol. The quantitative estimate of drug-likeness (QED) is 0.369. The maximum Gasteiger partial charge on any atom is -0.0111 e. The Kier molecular flexibility index (Phi) is 7.37. The van der Waals surface area contributed by atoms with Crippen LogP contribution in [0, 0.1) is 0 Å². The highest BCUT2D eigenvalue weighted by molar-refractivity contribution is 5.87. The van der Waals surface area contributed by atoms with Gasteiger partial charge in [-0.15, -0.1) is 0 Å². The lowest BCUT2D eigenvalue weighted by Crippen LogP contribution is -1.90. The topological polar surface area (TPSA) is 0 Å². The lowest BCUT2D eigenvalue weighted by Gasteiger charge is -2.11. The van der Waals surface area contributed by atoms with Crippen LogP contribution in [0.3, 0.4) is 0 Å². The molecule has 0 nitrogen and oxygen atoms in total. The van der Waals surface area contributed by atoms with Gasteiger partial charge in [0, 0.05) is 0 Å². The molecule has 142 valence electrons. The van der Waals surface area contributed by atoms with Crippen LogP contribution in [0.15, 0.2) is 140 Å². The third kappa shape index (κ3) is 5.43. The van der Waals surface area contributed by atoms with E-state index in [-0.39, 0.29) is 0 Å². The highest BCUT2D eigenvalue weighted by Gasteiger charge is 2.07. The molecule has 0 aliphatic carbocycles. The van der Waals surface area contributed by atoms with Crippen LogP contribution in [-0.2, 0) is 0 Å². The number of rotatable bonds is 7. The van der Waals surface area contributed by atoms with Crippen LogP contribution in [0.4, 0.5) is 0 Å². The molecule has 3 aromatic carbocycles. The molecule has 0 aliphatic heterocycles. The van der Waals surface area contributed by atoms with E-state index in [1.54, 1.807) is 0 Å². The van der Waals surface area contributed by atoms with Crippen molar-refractivity contribution in [2.75, 3.05) is 0 Å². The van der Waals surface area contributed by atoms with Gasteiger partial charge in [-0.1, -0.05) is 134 Å². The van der Waals surface area contributed by atoms with Crippen molar-refractivity contribution >= 4 is 11.1 Å². The summed E-state index contributed by atoms with van der Waals surface area (Å²) in [6, 6.07) is 31.5. The maximum absolute atomic E-state index is 3.90. The van der Waals surface area contributed by atoms with Crippen molar-refractivity contribution in [1.29, 1.82) is 0 Å². The number of hydrogen-bond donors (Lipinski definition) is 0. The number of benzene rings is 3. The van der Waals surface area contributed by atoms with Gasteiger partial charge in [0.15, 0.2) is 0 Å². The summed E-state index contributed by atoms with van der Waals surface area (Å²) in [5, 5.41) is 0. The fourth-order valence-electron chi connectivity index (χ4n) is 3.28. The first kappa shape index (κ1) is 20.1. The van der Waals surface area contributed by atoms with Crippen molar-refractivity contribution in [3.05, 3.63) is 156 Å². The molecule has 0 aromatic heterocycles. The minimum atomic E-state index is 1.13. The van der Waals surface area contributed by atoms with Gasteiger partial charge in [-0.2, -0.15) is 0 Å². The van der Waals surface area contributed by atoms with E-state index in [2.05, 4.69) is 110 Å². The smallest absolute Gasteiger partial charge is 0.0111 e. The standard InChI is InChI=1S/C29H26/c1-3-14-24(15-4-2)28(25-16-8-5-9-17-25)22-23-29(26-18-10-6-11-19-26)27-20-12-7-13-21-27/h3-23H,1H2,2H3/b15-4-,24-14+,28-22?. The summed E-state index contributed by atoms with van der Waals surface area (Å²) in [5.41, 5.74) is 7.05. The van der Waals surface area contributed by atoms with Gasteiger partial charge < -0.3 is 0 Å². The predicted octanol–water partition coefficient (Wildman–Crippen LogP) is 7.89. The summed E-state index contributed by atoms with van der Waals surface area (Å²) in [4.78, 5) is 0. The minimum absolute atomic E-state index is 1.13. The summed E-state index contributed by atoms with van der Waals surface area (Å²) in [5.74, 6) is 0. The summed E-state index contributed by atoms with van der Waals surface area (Å²) in [6.07, 6.45) is 12.5. The Labute approximate surface area is 174 Å². The molecule has 0 heteroatoms. The molecular formula is C29H26. The molecular weight excluding hydrogens is 348 g/mol. The molecule has 3 rings (SSSR count). The van der Waals surface area contributed by atoms with Crippen molar-refractivity contribution in [2.45, 2.75) is 6.92 Å². The van der Waals surface area contributed by atoms with Gasteiger partial charge in [0.1, 0.15) is 0 Å². The molecule has 0 fully saturated rings. The van der Waals surface area contributed by atoms with Crippen LogP contribution in [0.25, 0.3) is 11.1 Å². The molecule has 0 bridgehead atoms. The van der Waals surface area contributed by atoms with E-state index >= 15 is 0 Å². The zero-order chi connectivity index (χ0) is 20.3. The zero-order valence-corrected chi connectivity index (χ0v) is 16.8. The lowest BCUT2D eigenvalue weighted by molar-refractivity contribution is 1.53. The molecule has 3 aromatic rings. The van der Waals surface area contributed by atoms with E-state index in [0.29, 0.717) is 0 Å². The Morgan fingerprint density at radius 1 is 0.621 bits per heavy atom. The second kappa shape index (κ2) is 10.6. The van der Waals surface area contributed by atoms with Gasteiger partial charge in [-0.25, -0.2) is 0 Å². The molecule has 29 heavy (non-hydrogen) atoms. The maximum atomic E-state index is 3.90. The van der Waals surface area contributed by atoms with Gasteiger partial charge in [-0.3, -0.25) is 0 Å². The molecule has 0 atom stereocenters. The normalized spacial score (nSPS) is 12.0. The average Bonchev–Trinajstić information content (AvgIpc) is 2.79. The van der Waals surface area contributed by atoms with E-state index in [0.717, 1.165) is 11.1 Å². The van der Waals surface area contributed by atoms with Gasteiger partial charge in [0.05, 0.1) is 0 Å². The summed E-state index contributed by atoms with van der Waals surface area (Å²) in [6.45, 7) is 5.93. The Balaban J connectivity index is 2.19. The van der Waals surface area contributed by atoms with Gasteiger partial charge in [0.2, 0.25) is 0 Å². The highest BCUT2D eigenvalue weighted by Crippen LogP contribution is 2.28. The van der Waals surface area contributed by atoms with E-state index in [9.17, 15) is 0 Å². The SMILES string of the molecule is C=C/C=C(\C=C/C)C(=CC=C(c1ccccc1)c1ccccc1)c1ccccc1. The van der Waals surface area contributed by atoms with Gasteiger partial charge >= 0.3 is 0 Å². The van der Waals surface area contributed by atoms with E-state index < -0.39 is 0 Å². The van der Waals surface area contributed by atoms with Gasteiger partial charge in [0.25, 0.3) is 0 Å². The Morgan fingerprint density at radius 2 is 1.10 bits per heavy atom. The first-order valence-electron chi connectivity index (χ1n) is 9.87. The van der Waals surface area contributed by atoms with Gasteiger partial charge in [-0.05, 0) is 40.3 Å². The minimum Gasteiger partial charge on any atom is -0.0990 e. The highest BCUT2D eigenvalue weighted by atomic mass is 14.1. The second-order valence-corrected chi connectivity index (χ2v) is 6.62. The average molecular weight is 375 g/mol. The third-order valence-corrected chi connectivity index (χ3v) is 4.63. The number of allylic oxidation sites excluding steroid dienone is 8. The lowest BCUT2D eigenvalue weighted by atomic mass is 9.93. The van der Waals surface area contributed by atoms with Crippen LogP contribution in [0.5, 0.6) is 0 Å². The van der Waals surface area contributed by atoms with Crippen molar-refractivity contribution in [3.8, 4) is 0 Å². The molecule has 0 unspecified atom stereocenters. The summed E-state index contributed by atoms with van der Waals surface area (Å²) < 4.78 is 0. The van der Waals surface area contributed by atoms with Crippen molar-refractivity contribution in [2.24, 2.45) is 0 Å². The largest absolute Gasteiger partial charge is 0.0990 e. The molecule has 0 aliphatic rings. The summed E-state index contributed by atoms with van der Waals surface area (Å²) in [7, 11) is 0. The zero-order valence-electron chi connectivity index (χ0n) is 16.8. The van der Waals surface area contributed by atoms with Crippen LogP contribution >= 0.6 is 0 Å². The van der Waals surface area contributed by atoms with Crippen LogP contribution in [0.1, 0.15) is 23.6 Å². The Bertz CT molecular complexity index is 989. The van der Waals surface area contributed by atoms with E-state index in [4.69, 9.17) is 0 Å². The van der Waals surface area contributed by atoms with E-state index in [1.165, 1.54) is 22.3 Å². The summed E-state index contributed by atoms with van der Waals surface area (Å²) >= 11 is 0. The molecule has 0 heterocycles. The first-order valence-corrected chi connectivity index (χ1v) is 9.87. The third-order valence-electron chi connectivity index (χ3n) is 4.63. The van der Waals surface area contributed by atoms with Crippen LogP contribution in [0.2, 0.25) is 0 Å². The fraction of sp³-hybridized carbons (Fsp3) is 0.0345. The molecule has 0 saturated carbocycles. The van der Waals surface area contributed by atoms with Crippen molar-refractivity contribution in [1.82, 2.24) is 0 Å².